The highest BCUT2D eigenvalue weighted by atomic mass is 35.5. The summed E-state index contributed by atoms with van der Waals surface area (Å²) in [5.41, 5.74) is 8.92. The van der Waals surface area contributed by atoms with Gasteiger partial charge in [0.05, 0.1) is 21.2 Å². The van der Waals surface area contributed by atoms with Crippen LogP contribution in [0.5, 0.6) is 11.5 Å². The Morgan fingerprint density at radius 3 is 2.52 bits per heavy atom. The number of nitrogens with two attached hydrogens (primary N) is 1. The Balaban J connectivity index is 1.62. The maximum absolute atomic E-state index is 12.6. The molecule has 3 N–H and O–H groups in total. The molecule has 154 valence electrons. The van der Waals surface area contributed by atoms with E-state index in [1.165, 1.54) is 0 Å². The van der Waals surface area contributed by atoms with Crippen molar-refractivity contribution >= 4 is 50.8 Å². The molecule has 5 rings (SSSR count). The second-order valence-electron chi connectivity index (χ2n) is 7.12. The molecule has 8 heteroatoms. The molecule has 0 aliphatic carbocycles. The average Bonchev–Trinajstić information content (AvgIpc) is 3.09. The van der Waals surface area contributed by atoms with Crippen LogP contribution >= 0.6 is 23.2 Å². The zero-order chi connectivity index (χ0) is 21.7. The Hall–Kier alpha value is -3.48. The van der Waals surface area contributed by atoms with E-state index < -0.39 is 0 Å². The number of para-hydroxylation sites is 2. The van der Waals surface area contributed by atoms with E-state index in [-0.39, 0.29) is 11.4 Å². The van der Waals surface area contributed by atoms with Crippen LogP contribution in [0.3, 0.4) is 0 Å². The van der Waals surface area contributed by atoms with E-state index in [2.05, 4.69) is 10.1 Å². The van der Waals surface area contributed by atoms with Crippen molar-refractivity contribution in [3.8, 4) is 17.2 Å². The third kappa shape index (κ3) is 3.21. The van der Waals surface area contributed by atoms with E-state index >= 15 is 0 Å². The number of anilines is 1. The van der Waals surface area contributed by atoms with Crippen LogP contribution in [0.4, 0.5) is 5.82 Å². The minimum atomic E-state index is -0.275. The van der Waals surface area contributed by atoms with Gasteiger partial charge in [-0.25, -0.2) is 4.68 Å². The van der Waals surface area contributed by atoms with Crippen molar-refractivity contribution in [3.63, 3.8) is 0 Å². The van der Waals surface area contributed by atoms with Crippen molar-refractivity contribution in [2.24, 2.45) is 0 Å². The molecular formula is C23H16Cl2N4O2. The summed E-state index contributed by atoms with van der Waals surface area (Å²) in [4.78, 5) is 15.5. The number of halogens is 2. The highest BCUT2D eigenvalue weighted by Crippen LogP contribution is 2.37. The maximum atomic E-state index is 12.6. The van der Waals surface area contributed by atoms with Gasteiger partial charge in [-0.1, -0.05) is 47.5 Å². The summed E-state index contributed by atoms with van der Waals surface area (Å²) >= 11 is 12.4. The fourth-order valence-corrected chi connectivity index (χ4v) is 4.11. The molecule has 0 aliphatic heterocycles. The minimum absolute atomic E-state index is 0.271. The van der Waals surface area contributed by atoms with Gasteiger partial charge in [-0.3, -0.25) is 4.79 Å². The first-order valence-electron chi connectivity index (χ1n) is 9.46. The molecule has 0 radical (unpaired) electrons. The average molecular weight is 451 g/mol. The van der Waals surface area contributed by atoms with Crippen molar-refractivity contribution in [2.45, 2.75) is 6.92 Å². The van der Waals surface area contributed by atoms with Gasteiger partial charge in [0.2, 0.25) is 0 Å². The predicted octanol–water partition coefficient (Wildman–Crippen LogP) is 5.86. The van der Waals surface area contributed by atoms with Crippen LogP contribution in [0, 0.1) is 6.92 Å². The Morgan fingerprint density at radius 2 is 1.77 bits per heavy atom. The summed E-state index contributed by atoms with van der Waals surface area (Å²) in [6.45, 7) is 1.91. The molecule has 0 spiro atoms. The number of nitrogen functional groups attached to an aromatic ring is 1. The standard InChI is InChI=1S/C23H16Cl2N4O2/c1-12-11-13(31-21-15(24)6-4-7-16(21)25)9-10-18(12)29-22(26)19-20(28-29)14-5-2-3-8-17(14)27-23(19)30/h2-11H,26H2,1H3,(H,27,30). The van der Waals surface area contributed by atoms with Crippen molar-refractivity contribution in [1.82, 2.24) is 14.8 Å². The molecule has 3 aromatic carbocycles. The van der Waals surface area contributed by atoms with E-state index in [0.29, 0.717) is 38.0 Å². The van der Waals surface area contributed by atoms with Gasteiger partial charge in [-0.2, -0.15) is 5.10 Å². The SMILES string of the molecule is Cc1cc(Oc2c(Cl)cccc2Cl)ccc1-n1nc2c(c1N)c(=O)[nH]c1ccccc12. The lowest BCUT2D eigenvalue weighted by molar-refractivity contribution is 0.482. The van der Waals surface area contributed by atoms with Crippen molar-refractivity contribution in [1.29, 1.82) is 0 Å². The summed E-state index contributed by atoms with van der Waals surface area (Å²) < 4.78 is 7.48. The number of nitrogens with one attached hydrogen (secondary N) is 1. The van der Waals surface area contributed by atoms with Crippen LogP contribution in [0.25, 0.3) is 27.5 Å². The quantitative estimate of drug-likeness (QED) is 0.360. The Morgan fingerprint density at radius 1 is 1.03 bits per heavy atom. The molecule has 2 aromatic heterocycles. The summed E-state index contributed by atoms with van der Waals surface area (Å²) in [6, 6.07) is 18.1. The first kappa shape index (κ1) is 19.5. The summed E-state index contributed by atoms with van der Waals surface area (Å²) in [5, 5.41) is 6.69. The van der Waals surface area contributed by atoms with E-state index in [9.17, 15) is 4.79 Å². The monoisotopic (exact) mass is 450 g/mol. The van der Waals surface area contributed by atoms with E-state index in [1.54, 1.807) is 28.9 Å². The number of nitrogens with zero attached hydrogens (tertiary/aromatic N) is 2. The fourth-order valence-electron chi connectivity index (χ4n) is 3.64. The number of benzene rings is 3. The number of H-pyrrole nitrogens is 1. The van der Waals surface area contributed by atoms with Gasteiger partial charge in [0.1, 0.15) is 22.5 Å². The van der Waals surface area contributed by atoms with Gasteiger partial charge in [-0.15, -0.1) is 0 Å². The smallest absolute Gasteiger partial charge is 0.261 e. The van der Waals surface area contributed by atoms with Gasteiger partial charge in [-0.05, 0) is 48.9 Å². The Kier molecular flexibility index (Phi) is 4.61. The van der Waals surface area contributed by atoms with Crippen LogP contribution in [0.1, 0.15) is 5.56 Å². The number of hydrogen-bond acceptors (Lipinski definition) is 4. The second-order valence-corrected chi connectivity index (χ2v) is 7.94. The van der Waals surface area contributed by atoms with Gasteiger partial charge >= 0.3 is 0 Å². The largest absolute Gasteiger partial charge is 0.454 e. The minimum Gasteiger partial charge on any atom is -0.454 e. The molecule has 0 atom stereocenters. The number of aryl methyl sites for hydroxylation is 1. The first-order chi connectivity index (χ1) is 14.9. The lowest BCUT2D eigenvalue weighted by atomic mass is 10.1. The molecular weight excluding hydrogens is 435 g/mol. The second kappa shape index (κ2) is 7.34. The third-order valence-electron chi connectivity index (χ3n) is 5.11. The molecule has 0 saturated heterocycles. The summed E-state index contributed by atoms with van der Waals surface area (Å²) in [7, 11) is 0. The normalized spacial score (nSPS) is 11.3. The maximum Gasteiger partial charge on any atom is 0.261 e. The van der Waals surface area contributed by atoms with E-state index in [0.717, 1.165) is 16.6 Å². The molecule has 31 heavy (non-hydrogen) atoms. The van der Waals surface area contributed by atoms with Crippen LogP contribution in [-0.2, 0) is 0 Å². The number of hydrogen-bond donors (Lipinski definition) is 2. The molecule has 0 fully saturated rings. The predicted molar refractivity (Wildman–Crippen MR) is 125 cm³/mol. The lowest BCUT2D eigenvalue weighted by Gasteiger charge is -2.12. The van der Waals surface area contributed by atoms with Crippen molar-refractivity contribution < 1.29 is 4.74 Å². The molecule has 0 saturated carbocycles. The van der Waals surface area contributed by atoms with Crippen LogP contribution in [0.2, 0.25) is 10.0 Å². The van der Waals surface area contributed by atoms with E-state index in [4.69, 9.17) is 33.7 Å². The molecule has 2 heterocycles. The van der Waals surface area contributed by atoms with Crippen LogP contribution < -0.4 is 16.0 Å². The van der Waals surface area contributed by atoms with Gasteiger partial charge in [0.25, 0.3) is 5.56 Å². The summed E-state index contributed by atoms with van der Waals surface area (Å²) in [6.07, 6.45) is 0. The molecule has 0 amide bonds. The highest BCUT2D eigenvalue weighted by Gasteiger charge is 2.18. The summed E-state index contributed by atoms with van der Waals surface area (Å²) in [5.74, 6) is 1.23. The molecule has 0 bridgehead atoms. The van der Waals surface area contributed by atoms with E-state index in [1.807, 2.05) is 43.3 Å². The Bertz CT molecular complexity index is 1520. The number of aromatic nitrogens is 3. The molecule has 0 unspecified atom stereocenters. The highest BCUT2D eigenvalue weighted by molar-refractivity contribution is 6.37. The number of aromatic amines is 1. The Labute approximate surface area is 186 Å². The number of ether oxygens (including phenoxy) is 1. The first-order valence-corrected chi connectivity index (χ1v) is 10.2. The van der Waals surface area contributed by atoms with Gasteiger partial charge in [0, 0.05) is 5.39 Å². The fraction of sp³-hybridized carbons (Fsp3) is 0.0435. The number of fused-ring (bicyclic) bond motifs is 3. The number of rotatable bonds is 3. The van der Waals surface area contributed by atoms with Crippen LogP contribution in [-0.4, -0.2) is 14.8 Å². The van der Waals surface area contributed by atoms with Crippen molar-refractivity contribution in [3.05, 3.63) is 86.6 Å². The van der Waals surface area contributed by atoms with Gasteiger partial charge in [0.15, 0.2) is 5.75 Å². The van der Waals surface area contributed by atoms with Crippen molar-refractivity contribution in [2.75, 3.05) is 5.73 Å². The van der Waals surface area contributed by atoms with Gasteiger partial charge < -0.3 is 15.5 Å². The molecule has 5 aromatic rings. The zero-order valence-electron chi connectivity index (χ0n) is 16.3. The van der Waals surface area contributed by atoms with Crippen LogP contribution in [0.15, 0.2) is 65.5 Å². The third-order valence-corrected chi connectivity index (χ3v) is 5.71. The zero-order valence-corrected chi connectivity index (χ0v) is 17.8. The lowest BCUT2D eigenvalue weighted by Crippen LogP contribution is -2.08. The number of pyridine rings is 1. The molecule has 6 nitrogen and oxygen atoms in total. The topological polar surface area (TPSA) is 85.9 Å². The molecule has 0 aliphatic rings.